The van der Waals surface area contributed by atoms with Crippen molar-refractivity contribution in [2.75, 3.05) is 6.61 Å². The lowest BCUT2D eigenvalue weighted by molar-refractivity contribution is -0.138. The molecule has 0 aromatic heterocycles. The largest absolute Gasteiger partial charge is 0.493 e. The fourth-order valence-corrected chi connectivity index (χ4v) is 1.85. The summed E-state index contributed by atoms with van der Waals surface area (Å²) < 4.78 is 43.3. The lowest BCUT2D eigenvalue weighted by atomic mass is 10.1. The molecule has 1 N–H and O–H groups in total. The SMILES string of the molecule is CCCC(C)COc1ccc(C(F)(F)F)c(C(=O)O)c1. The molecule has 0 heterocycles. The van der Waals surface area contributed by atoms with Gasteiger partial charge in [-0.05, 0) is 30.5 Å². The molecule has 1 aromatic carbocycles. The van der Waals surface area contributed by atoms with Crippen LogP contribution in [0, 0.1) is 5.92 Å². The lowest BCUT2D eigenvalue weighted by Crippen LogP contribution is -2.14. The second kappa shape index (κ2) is 6.63. The maximum atomic E-state index is 12.7. The highest BCUT2D eigenvalue weighted by Crippen LogP contribution is 2.34. The standard InChI is InChI=1S/C14H17F3O3/c1-3-4-9(2)8-20-10-5-6-12(14(15,16)17)11(7-10)13(18)19/h5-7,9H,3-4,8H2,1-2H3,(H,18,19). The number of alkyl halides is 3. The van der Waals surface area contributed by atoms with E-state index in [2.05, 4.69) is 0 Å². The van der Waals surface area contributed by atoms with E-state index < -0.39 is 23.3 Å². The Morgan fingerprint density at radius 3 is 2.55 bits per heavy atom. The van der Waals surface area contributed by atoms with E-state index in [9.17, 15) is 18.0 Å². The molecule has 0 amide bonds. The summed E-state index contributed by atoms with van der Waals surface area (Å²) in [5, 5.41) is 8.86. The number of carbonyl (C=O) groups is 1. The van der Waals surface area contributed by atoms with E-state index in [1.165, 1.54) is 0 Å². The van der Waals surface area contributed by atoms with Crippen LogP contribution in [0.1, 0.15) is 42.6 Å². The second-order valence-electron chi connectivity index (χ2n) is 4.72. The Hall–Kier alpha value is -1.72. The highest BCUT2D eigenvalue weighted by atomic mass is 19.4. The number of carboxylic acid groups (broad SMARTS) is 1. The quantitative estimate of drug-likeness (QED) is 0.853. The van der Waals surface area contributed by atoms with Gasteiger partial charge in [0.05, 0.1) is 17.7 Å². The zero-order valence-electron chi connectivity index (χ0n) is 11.3. The number of aromatic carboxylic acids is 1. The van der Waals surface area contributed by atoms with E-state index in [0.29, 0.717) is 6.61 Å². The number of benzene rings is 1. The van der Waals surface area contributed by atoms with Gasteiger partial charge in [-0.1, -0.05) is 20.3 Å². The molecular weight excluding hydrogens is 273 g/mol. The number of hydrogen-bond acceptors (Lipinski definition) is 2. The van der Waals surface area contributed by atoms with Crippen molar-refractivity contribution in [3.05, 3.63) is 29.3 Å². The first-order valence-corrected chi connectivity index (χ1v) is 6.33. The molecule has 112 valence electrons. The monoisotopic (exact) mass is 290 g/mol. The third-order valence-corrected chi connectivity index (χ3v) is 2.84. The van der Waals surface area contributed by atoms with Gasteiger partial charge in [0, 0.05) is 0 Å². The minimum Gasteiger partial charge on any atom is -0.493 e. The van der Waals surface area contributed by atoms with Gasteiger partial charge in [-0.25, -0.2) is 4.79 Å². The zero-order valence-corrected chi connectivity index (χ0v) is 11.3. The van der Waals surface area contributed by atoms with Gasteiger partial charge >= 0.3 is 12.1 Å². The van der Waals surface area contributed by atoms with Crippen molar-refractivity contribution < 1.29 is 27.8 Å². The predicted molar refractivity (Wildman–Crippen MR) is 68.0 cm³/mol. The van der Waals surface area contributed by atoms with Gasteiger partial charge in [0.1, 0.15) is 5.75 Å². The average Bonchev–Trinajstić information content (AvgIpc) is 2.35. The van der Waals surface area contributed by atoms with Crippen LogP contribution in [0.5, 0.6) is 5.75 Å². The first-order chi connectivity index (χ1) is 9.25. The first kappa shape index (κ1) is 16.3. The van der Waals surface area contributed by atoms with E-state index in [1.54, 1.807) is 0 Å². The van der Waals surface area contributed by atoms with Crippen molar-refractivity contribution in [3.63, 3.8) is 0 Å². The summed E-state index contributed by atoms with van der Waals surface area (Å²) in [4.78, 5) is 10.9. The minimum absolute atomic E-state index is 0.137. The van der Waals surface area contributed by atoms with Gasteiger partial charge in [-0.15, -0.1) is 0 Å². The second-order valence-corrected chi connectivity index (χ2v) is 4.72. The van der Waals surface area contributed by atoms with E-state index in [1.807, 2.05) is 13.8 Å². The first-order valence-electron chi connectivity index (χ1n) is 6.33. The van der Waals surface area contributed by atoms with Crippen LogP contribution in [0.3, 0.4) is 0 Å². The fourth-order valence-electron chi connectivity index (χ4n) is 1.85. The van der Waals surface area contributed by atoms with Crippen LogP contribution < -0.4 is 4.74 Å². The smallest absolute Gasteiger partial charge is 0.417 e. The molecule has 0 aliphatic rings. The van der Waals surface area contributed by atoms with Gasteiger partial charge in [0.15, 0.2) is 0 Å². The number of halogens is 3. The van der Waals surface area contributed by atoms with Crippen molar-refractivity contribution in [3.8, 4) is 5.75 Å². The van der Waals surface area contributed by atoms with Gasteiger partial charge in [0.2, 0.25) is 0 Å². The number of hydrogen-bond donors (Lipinski definition) is 1. The summed E-state index contributed by atoms with van der Waals surface area (Å²) in [6, 6.07) is 2.81. The van der Waals surface area contributed by atoms with Crippen molar-refractivity contribution in [2.45, 2.75) is 32.9 Å². The van der Waals surface area contributed by atoms with Crippen LogP contribution in [0.2, 0.25) is 0 Å². The average molecular weight is 290 g/mol. The van der Waals surface area contributed by atoms with Gasteiger partial charge < -0.3 is 9.84 Å². The Labute approximate surface area is 115 Å². The highest BCUT2D eigenvalue weighted by molar-refractivity contribution is 5.90. The molecule has 0 fully saturated rings. The Kier molecular flexibility index (Phi) is 5.42. The molecule has 0 bridgehead atoms. The van der Waals surface area contributed by atoms with Crippen LogP contribution in [0.4, 0.5) is 13.2 Å². The van der Waals surface area contributed by atoms with Crippen molar-refractivity contribution in [2.24, 2.45) is 5.92 Å². The van der Waals surface area contributed by atoms with Crippen LogP contribution in [0.15, 0.2) is 18.2 Å². The molecule has 1 atom stereocenters. The number of carboxylic acids is 1. The van der Waals surface area contributed by atoms with Gasteiger partial charge in [-0.3, -0.25) is 0 Å². The minimum atomic E-state index is -4.69. The lowest BCUT2D eigenvalue weighted by Gasteiger charge is -2.15. The van der Waals surface area contributed by atoms with Gasteiger partial charge in [0.25, 0.3) is 0 Å². The molecule has 0 saturated carbocycles. The summed E-state index contributed by atoms with van der Waals surface area (Å²) in [5.74, 6) is -1.22. The zero-order chi connectivity index (χ0) is 15.3. The molecule has 0 radical (unpaired) electrons. The van der Waals surface area contributed by atoms with E-state index in [4.69, 9.17) is 9.84 Å². The van der Waals surface area contributed by atoms with Gasteiger partial charge in [-0.2, -0.15) is 13.2 Å². The summed E-state index contributed by atoms with van der Waals surface area (Å²) in [6.07, 6.45) is -2.77. The molecule has 0 saturated heterocycles. The van der Waals surface area contributed by atoms with Crippen LogP contribution >= 0.6 is 0 Å². The Balaban J connectivity index is 2.91. The third kappa shape index (κ3) is 4.43. The van der Waals surface area contributed by atoms with Crippen LogP contribution in [-0.4, -0.2) is 17.7 Å². The molecule has 6 heteroatoms. The molecule has 0 aliphatic heterocycles. The Morgan fingerprint density at radius 1 is 1.40 bits per heavy atom. The molecule has 1 unspecified atom stereocenters. The molecule has 3 nitrogen and oxygen atoms in total. The summed E-state index contributed by atoms with van der Waals surface area (Å²) >= 11 is 0. The third-order valence-electron chi connectivity index (χ3n) is 2.84. The molecule has 1 rings (SSSR count). The van der Waals surface area contributed by atoms with Crippen LogP contribution in [0.25, 0.3) is 0 Å². The van der Waals surface area contributed by atoms with Crippen molar-refractivity contribution >= 4 is 5.97 Å². The Bertz CT molecular complexity index is 469. The Morgan fingerprint density at radius 2 is 2.05 bits per heavy atom. The number of ether oxygens (including phenoxy) is 1. The highest BCUT2D eigenvalue weighted by Gasteiger charge is 2.35. The molecule has 1 aromatic rings. The van der Waals surface area contributed by atoms with Crippen molar-refractivity contribution in [1.82, 2.24) is 0 Å². The maximum absolute atomic E-state index is 12.7. The topological polar surface area (TPSA) is 46.5 Å². The molecule has 0 aliphatic carbocycles. The summed E-state index contributed by atoms with van der Waals surface area (Å²) in [7, 11) is 0. The maximum Gasteiger partial charge on any atom is 0.417 e. The van der Waals surface area contributed by atoms with E-state index >= 15 is 0 Å². The molecule has 0 spiro atoms. The molecular formula is C14H17F3O3. The predicted octanol–water partition coefficient (Wildman–Crippen LogP) is 4.22. The van der Waals surface area contributed by atoms with E-state index in [0.717, 1.165) is 31.0 Å². The van der Waals surface area contributed by atoms with Crippen molar-refractivity contribution in [1.29, 1.82) is 0 Å². The fraction of sp³-hybridized carbons (Fsp3) is 0.500. The summed E-state index contributed by atoms with van der Waals surface area (Å²) in [6.45, 7) is 4.33. The van der Waals surface area contributed by atoms with Crippen LogP contribution in [-0.2, 0) is 6.18 Å². The van der Waals surface area contributed by atoms with E-state index in [-0.39, 0.29) is 11.7 Å². The molecule has 20 heavy (non-hydrogen) atoms. The normalized spacial score (nSPS) is 13.1. The summed E-state index contributed by atoms with van der Waals surface area (Å²) in [5.41, 5.74) is -1.96. The number of rotatable bonds is 6.